The number of nitrogens with one attached hydrogen (secondary N) is 2. The van der Waals surface area contributed by atoms with Crippen molar-refractivity contribution < 1.29 is 9.59 Å². The Morgan fingerprint density at radius 2 is 1.68 bits per heavy atom. The van der Waals surface area contributed by atoms with Gasteiger partial charge in [0.05, 0.1) is 0 Å². The largest absolute Gasteiger partial charge is 0.335 e. The van der Waals surface area contributed by atoms with Crippen LogP contribution in [0.5, 0.6) is 0 Å². The monoisotopic (exact) mass is 262 g/mol. The zero-order chi connectivity index (χ0) is 14.4. The average molecular weight is 262 g/mol. The van der Waals surface area contributed by atoms with Crippen LogP contribution in [0.15, 0.2) is 24.3 Å². The molecule has 0 saturated carbocycles. The number of Topliss-reactive ketones (excluding diaryl/α,β-unsaturated/α-hetero) is 1. The summed E-state index contributed by atoms with van der Waals surface area (Å²) >= 11 is 0. The molecule has 1 unspecified atom stereocenters. The first-order chi connectivity index (χ1) is 8.88. The van der Waals surface area contributed by atoms with Crippen molar-refractivity contribution in [2.45, 2.75) is 40.2 Å². The van der Waals surface area contributed by atoms with Gasteiger partial charge in [0.25, 0.3) is 0 Å². The van der Waals surface area contributed by atoms with Crippen molar-refractivity contribution in [1.29, 1.82) is 0 Å². The van der Waals surface area contributed by atoms with Gasteiger partial charge in [0.1, 0.15) is 0 Å². The number of hydrogen-bond acceptors (Lipinski definition) is 2. The molecule has 1 aromatic carbocycles. The average Bonchev–Trinajstić information content (AvgIpc) is 2.27. The van der Waals surface area contributed by atoms with Crippen LogP contribution in [0.4, 0.5) is 10.5 Å². The van der Waals surface area contributed by atoms with Crippen molar-refractivity contribution in [2.75, 3.05) is 5.32 Å². The molecule has 1 rings (SSSR count). The second-order valence-electron chi connectivity index (χ2n) is 5.26. The van der Waals surface area contributed by atoms with Crippen molar-refractivity contribution in [3.8, 4) is 0 Å². The molecule has 0 radical (unpaired) electrons. The number of ketones is 1. The van der Waals surface area contributed by atoms with Crippen molar-refractivity contribution in [3.63, 3.8) is 0 Å². The van der Waals surface area contributed by atoms with Crippen LogP contribution in [0, 0.1) is 5.92 Å². The molecule has 2 amide bonds. The molecule has 4 nitrogen and oxygen atoms in total. The molecule has 0 aromatic heterocycles. The minimum absolute atomic E-state index is 0.0153. The quantitative estimate of drug-likeness (QED) is 0.798. The fraction of sp³-hybridized carbons (Fsp3) is 0.467. The number of anilines is 1. The third kappa shape index (κ3) is 5.55. The van der Waals surface area contributed by atoms with Gasteiger partial charge in [-0.15, -0.1) is 0 Å². The highest BCUT2D eigenvalue weighted by atomic mass is 16.2. The maximum atomic E-state index is 11.7. The highest BCUT2D eigenvalue weighted by molar-refractivity contribution is 5.95. The lowest BCUT2D eigenvalue weighted by Gasteiger charge is -2.16. The molecule has 19 heavy (non-hydrogen) atoms. The number of rotatable bonds is 5. The van der Waals surface area contributed by atoms with Crippen molar-refractivity contribution >= 4 is 17.5 Å². The molecule has 0 fully saturated rings. The van der Waals surface area contributed by atoms with Gasteiger partial charge in [-0.25, -0.2) is 4.79 Å². The topological polar surface area (TPSA) is 58.2 Å². The van der Waals surface area contributed by atoms with E-state index in [9.17, 15) is 9.59 Å². The predicted octanol–water partition coefficient (Wildman–Crippen LogP) is 3.45. The van der Waals surface area contributed by atoms with E-state index in [1.54, 1.807) is 24.3 Å². The first kappa shape index (κ1) is 15.2. The van der Waals surface area contributed by atoms with Gasteiger partial charge in [0, 0.05) is 17.3 Å². The minimum Gasteiger partial charge on any atom is -0.335 e. The Labute approximate surface area is 114 Å². The van der Waals surface area contributed by atoms with Gasteiger partial charge >= 0.3 is 6.03 Å². The van der Waals surface area contributed by atoms with Crippen LogP contribution in [0.3, 0.4) is 0 Å². The lowest BCUT2D eigenvalue weighted by atomic mass is 10.1. The van der Waals surface area contributed by atoms with E-state index in [2.05, 4.69) is 24.5 Å². The molecular weight excluding hydrogens is 240 g/mol. The van der Waals surface area contributed by atoms with E-state index in [0.29, 0.717) is 17.2 Å². The number of benzene rings is 1. The van der Waals surface area contributed by atoms with Crippen LogP contribution < -0.4 is 10.6 Å². The van der Waals surface area contributed by atoms with Gasteiger partial charge in [0.2, 0.25) is 0 Å². The Morgan fingerprint density at radius 3 is 2.16 bits per heavy atom. The first-order valence-electron chi connectivity index (χ1n) is 6.57. The Morgan fingerprint density at radius 1 is 1.11 bits per heavy atom. The molecule has 0 heterocycles. The van der Waals surface area contributed by atoms with Gasteiger partial charge in [-0.2, -0.15) is 0 Å². The molecule has 1 atom stereocenters. The van der Waals surface area contributed by atoms with Crippen LogP contribution in [0.25, 0.3) is 0 Å². The summed E-state index contributed by atoms with van der Waals surface area (Å²) in [5.74, 6) is 0.562. The summed E-state index contributed by atoms with van der Waals surface area (Å²) in [7, 11) is 0. The fourth-order valence-electron chi connectivity index (χ4n) is 1.95. The van der Waals surface area contributed by atoms with Crippen LogP contribution in [0.2, 0.25) is 0 Å². The van der Waals surface area contributed by atoms with Crippen molar-refractivity contribution in [1.82, 2.24) is 5.32 Å². The fourth-order valence-corrected chi connectivity index (χ4v) is 1.95. The maximum Gasteiger partial charge on any atom is 0.319 e. The lowest BCUT2D eigenvalue weighted by molar-refractivity contribution is 0.101. The van der Waals surface area contributed by atoms with Crippen molar-refractivity contribution in [3.05, 3.63) is 29.8 Å². The molecule has 4 heteroatoms. The number of carbonyl (C=O) groups is 2. The van der Waals surface area contributed by atoms with E-state index < -0.39 is 0 Å². The summed E-state index contributed by atoms with van der Waals surface area (Å²) in [6.45, 7) is 7.74. The zero-order valence-corrected chi connectivity index (χ0v) is 12.0. The van der Waals surface area contributed by atoms with E-state index in [1.165, 1.54) is 6.92 Å². The van der Waals surface area contributed by atoms with E-state index in [4.69, 9.17) is 0 Å². The Kier molecular flexibility index (Phi) is 5.55. The van der Waals surface area contributed by atoms with Gasteiger partial charge in [-0.1, -0.05) is 13.8 Å². The molecule has 0 aliphatic carbocycles. The smallest absolute Gasteiger partial charge is 0.319 e. The van der Waals surface area contributed by atoms with Crippen LogP contribution in [-0.4, -0.2) is 17.9 Å². The zero-order valence-electron chi connectivity index (χ0n) is 12.0. The number of carbonyl (C=O) groups excluding carboxylic acids is 2. The molecule has 0 spiro atoms. The van der Waals surface area contributed by atoms with Crippen molar-refractivity contribution in [2.24, 2.45) is 5.92 Å². The SMILES string of the molecule is CC(=O)c1ccc(NC(=O)NC(C)CC(C)C)cc1. The van der Waals surface area contributed by atoms with E-state index in [0.717, 1.165) is 6.42 Å². The van der Waals surface area contributed by atoms with E-state index in [1.807, 2.05) is 6.92 Å². The Balaban J connectivity index is 2.50. The van der Waals surface area contributed by atoms with Gasteiger partial charge < -0.3 is 10.6 Å². The number of amides is 2. The Hall–Kier alpha value is -1.84. The van der Waals surface area contributed by atoms with E-state index in [-0.39, 0.29) is 17.9 Å². The third-order valence-electron chi connectivity index (χ3n) is 2.75. The number of urea groups is 1. The van der Waals surface area contributed by atoms with Gasteiger partial charge in [-0.3, -0.25) is 4.79 Å². The molecule has 0 aliphatic heterocycles. The lowest BCUT2D eigenvalue weighted by Crippen LogP contribution is -2.36. The summed E-state index contributed by atoms with van der Waals surface area (Å²) < 4.78 is 0. The van der Waals surface area contributed by atoms with Gasteiger partial charge in [-0.05, 0) is 50.5 Å². The Bertz CT molecular complexity index is 438. The maximum absolute atomic E-state index is 11.7. The third-order valence-corrected chi connectivity index (χ3v) is 2.75. The number of hydrogen-bond donors (Lipinski definition) is 2. The summed E-state index contributed by atoms with van der Waals surface area (Å²) in [5, 5.41) is 5.63. The summed E-state index contributed by atoms with van der Waals surface area (Å²) in [5.41, 5.74) is 1.32. The van der Waals surface area contributed by atoms with Crippen LogP contribution in [0.1, 0.15) is 44.5 Å². The molecule has 104 valence electrons. The van der Waals surface area contributed by atoms with Crippen LogP contribution in [-0.2, 0) is 0 Å². The molecule has 0 saturated heterocycles. The molecule has 1 aromatic rings. The molecule has 0 bridgehead atoms. The second-order valence-corrected chi connectivity index (χ2v) is 5.26. The molecular formula is C15H22N2O2. The predicted molar refractivity (Wildman–Crippen MR) is 77.5 cm³/mol. The summed E-state index contributed by atoms with van der Waals surface area (Å²) in [6.07, 6.45) is 0.941. The molecule has 2 N–H and O–H groups in total. The standard InChI is InChI=1S/C15H22N2O2/c1-10(2)9-11(3)16-15(19)17-14-7-5-13(6-8-14)12(4)18/h5-8,10-11H,9H2,1-4H3,(H2,16,17,19). The van der Waals surface area contributed by atoms with Gasteiger partial charge in [0.15, 0.2) is 5.78 Å². The highest BCUT2D eigenvalue weighted by Gasteiger charge is 2.09. The minimum atomic E-state index is -0.219. The normalized spacial score (nSPS) is 12.1. The summed E-state index contributed by atoms with van der Waals surface area (Å²) in [6, 6.07) is 6.78. The molecule has 0 aliphatic rings. The highest BCUT2D eigenvalue weighted by Crippen LogP contribution is 2.10. The first-order valence-corrected chi connectivity index (χ1v) is 6.57. The van der Waals surface area contributed by atoms with E-state index >= 15 is 0 Å². The summed E-state index contributed by atoms with van der Waals surface area (Å²) in [4.78, 5) is 22.9. The second kappa shape index (κ2) is 6.92. The van der Waals surface area contributed by atoms with Crippen LogP contribution >= 0.6 is 0 Å².